The number of benzene rings is 1. The lowest BCUT2D eigenvalue weighted by molar-refractivity contribution is -0.137. The molecule has 0 saturated carbocycles. The van der Waals surface area contributed by atoms with Gasteiger partial charge in [-0.1, -0.05) is 18.2 Å². The van der Waals surface area contributed by atoms with Gasteiger partial charge in [-0.2, -0.15) is 13.2 Å². The minimum absolute atomic E-state index is 0.159. The molecule has 1 N–H and O–H groups in total. The molecule has 0 aliphatic heterocycles. The zero-order chi connectivity index (χ0) is 17.7. The SMILES string of the molecule is CN(Cc1ccc(C(F)(F)F)cc1)C(=O)CNC(=O)c1cccs1. The summed E-state index contributed by atoms with van der Waals surface area (Å²) >= 11 is 1.27. The lowest BCUT2D eigenvalue weighted by Gasteiger charge is -2.18. The van der Waals surface area contributed by atoms with Gasteiger partial charge in [-0.3, -0.25) is 9.59 Å². The highest BCUT2D eigenvalue weighted by Crippen LogP contribution is 2.29. The average Bonchev–Trinajstić information content (AvgIpc) is 3.06. The fraction of sp³-hybridized carbons (Fsp3) is 0.250. The highest BCUT2D eigenvalue weighted by atomic mass is 32.1. The Kier molecular flexibility index (Phi) is 5.61. The first kappa shape index (κ1) is 18.0. The van der Waals surface area contributed by atoms with Crippen LogP contribution in [-0.2, 0) is 17.5 Å². The number of amides is 2. The maximum Gasteiger partial charge on any atom is 0.416 e. The number of halogens is 3. The summed E-state index contributed by atoms with van der Waals surface area (Å²) in [4.78, 5) is 25.6. The normalized spacial score (nSPS) is 11.2. The molecule has 0 radical (unpaired) electrons. The Hall–Kier alpha value is -2.35. The van der Waals surface area contributed by atoms with Crippen LogP contribution in [0.1, 0.15) is 20.8 Å². The predicted octanol–water partition coefficient (Wildman–Crippen LogP) is 3.16. The number of likely N-dealkylation sites (N-methyl/N-ethyl adjacent to an activating group) is 1. The van der Waals surface area contributed by atoms with Crippen molar-refractivity contribution in [2.24, 2.45) is 0 Å². The Morgan fingerprint density at radius 1 is 1.17 bits per heavy atom. The second-order valence-corrected chi connectivity index (χ2v) is 6.05. The molecular formula is C16H15F3N2O2S. The third-order valence-corrected chi connectivity index (χ3v) is 4.14. The predicted molar refractivity (Wildman–Crippen MR) is 84.6 cm³/mol. The van der Waals surface area contributed by atoms with Crippen molar-refractivity contribution in [3.05, 3.63) is 57.8 Å². The number of nitrogens with one attached hydrogen (secondary N) is 1. The Morgan fingerprint density at radius 3 is 2.38 bits per heavy atom. The molecule has 128 valence electrons. The number of carbonyl (C=O) groups excluding carboxylic acids is 2. The molecule has 0 unspecified atom stereocenters. The molecule has 0 atom stereocenters. The molecule has 24 heavy (non-hydrogen) atoms. The maximum atomic E-state index is 12.5. The number of alkyl halides is 3. The summed E-state index contributed by atoms with van der Waals surface area (Å²) < 4.78 is 37.5. The molecule has 1 aromatic heterocycles. The van der Waals surface area contributed by atoms with Gasteiger partial charge in [0.05, 0.1) is 17.0 Å². The standard InChI is InChI=1S/C16H15F3N2O2S/c1-21(10-11-4-6-12(7-5-11)16(17,18)19)14(22)9-20-15(23)13-3-2-8-24-13/h2-8H,9-10H2,1H3,(H,20,23). The smallest absolute Gasteiger partial charge is 0.342 e. The molecule has 2 amide bonds. The van der Waals surface area contributed by atoms with Crippen LogP contribution in [0.3, 0.4) is 0 Å². The quantitative estimate of drug-likeness (QED) is 0.895. The monoisotopic (exact) mass is 356 g/mol. The molecule has 1 heterocycles. The number of hydrogen-bond donors (Lipinski definition) is 1. The molecule has 4 nitrogen and oxygen atoms in total. The van der Waals surface area contributed by atoms with Crippen LogP contribution >= 0.6 is 11.3 Å². The molecule has 0 aliphatic rings. The maximum absolute atomic E-state index is 12.5. The molecule has 8 heteroatoms. The van der Waals surface area contributed by atoms with Crippen LogP contribution in [-0.4, -0.2) is 30.3 Å². The first-order valence-corrected chi connectivity index (χ1v) is 7.87. The minimum atomic E-state index is -4.38. The molecule has 2 aromatic rings. The van der Waals surface area contributed by atoms with E-state index in [0.717, 1.165) is 12.1 Å². The first-order valence-electron chi connectivity index (χ1n) is 6.99. The second-order valence-electron chi connectivity index (χ2n) is 5.10. The van der Waals surface area contributed by atoms with Crippen LogP contribution in [0.25, 0.3) is 0 Å². The summed E-state index contributed by atoms with van der Waals surface area (Å²) in [5.74, 6) is -0.666. The Balaban J connectivity index is 1.86. The van der Waals surface area contributed by atoms with Crippen LogP contribution < -0.4 is 5.32 Å². The van der Waals surface area contributed by atoms with Gasteiger partial charge >= 0.3 is 6.18 Å². The average molecular weight is 356 g/mol. The fourth-order valence-corrected chi connectivity index (χ4v) is 2.59. The largest absolute Gasteiger partial charge is 0.416 e. The van der Waals surface area contributed by atoms with E-state index in [0.29, 0.717) is 10.4 Å². The Bertz CT molecular complexity index is 697. The second kappa shape index (κ2) is 7.48. The Labute approximate surface area is 140 Å². The zero-order valence-corrected chi connectivity index (χ0v) is 13.6. The molecule has 0 saturated heterocycles. The summed E-state index contributed by atoms with van der Waals surface area (Å²) in [6.07, 6.45) is -4.38. The summed E-state index contributed by atoms with van der Waals surface area (Å²) in [6, 6.07) is 8.00. The molecule has 0 aliphatic carbocycles. The number of nitrogens with zero attached hydrogens (tertiary/aromatic N) is 1. The lowest BCUT2D eigenvalue weighted by atomic mass is 10.1. The van der Waals surface area contributed by atoms with Gasteiger partial charge in [-0.25, -0.2) is 0 Å². The van der Waals surface area contributed by atoms with E-state index in [2.05, 4.69) is 5.32 Å². The molecule has 0 spiro atoms. The van der Waals surface area contributed by atoms with Gasteiger partial charge in [-0.05, 0) is 29.1 Å². The van der Waals surface area contributed by atoms with Crippen molar-refractivity contribution in [2.75, 3.05) is 13.6 Å². The first-order chi connectivity index (χ1) is 11.3. The van der Waals surface area contributed by atoms with Crippen LogP contribution in [0.15, 0.2) is 41.8 Å². The van der Waals surface area contributed by atoms with Crippen molar-refractivity contribution in [3.8, 4) is 0 Å². The minimum Gasteiger partial charge on any atom is -0.342 e. The van der Waals surface area contributed by atoms with Gasteiger partial charge in [0.15, 0.2) is 0 Å². The summed E-state index contributed by atoms with van der Waals surface area (Å²) in [5.41, 5.74) is -0.160. The molecule has 0 fully saturated rings. The van der Waals surface area contributed by atoms with E-state index < -0.39 is 11.7 Å². The summed E-state index contributed by atoms with van der Waals surface area (Å²) in [5, 5.41) is 4.27. The Morgan fingerprint density at radius 2 is 1.83 bits per heavy atom. The third-order valence-electron chi connectivity index (χ3n) is 3.27. The molecule has 1 aromatic carbocycles. The number of hydrogen-bond acceptors (Lipinski definition) is 3. The highest BCUT2D eigenvalue weighted by Gasteiger charge is 2.29. The molecule has 2 rings (SSSR count). The van der Waals surface area contributed by atoms with Crippen molar-refractivity contribution < 1.29 is 22.8 Å². The van der Waals surface area contributed by atoms with Crippen LogP contribution in [0, 0.1) is 0 Å². The van der Waals surface area contributed by atoms with Crippen molar-refractivity contribution >= 4 is 23.2 Å². The van der Waals surface area contributed by atoms with E-state index >= 15 is 0 Å². The van der Waals surface area contributed by atoms with Crippen molar-refractivity contribution in [1.82, 2.24) is 10.2 Å². The van der Waals surface area contributed by atoms with E-state index in [1.165, 1.54) is 35.4 Å². The van der Waals surface area contributed by atoms with Crippen molar-refractivity contribution in [3.63, 3.8) is 0 Å². The summed E-state index contributed by atoms with van der Waals surface area (Å²) in [6.45, 7) is -0.0142. The van der Waals surface area contributed by atoms with Gasteiger partial charge < -0.3 is 10.2 Å². The van der Waals surface area contributed by atoms with Gasteiger partial charge in [0.1, 0.15) is 0 Å². The van der Waals surface area contributed by atoms with Crippen LogP contribution in [0.5, 0.6) is 0 Å². The molecule has 0 bridgehead atoms. The van der Waals surface area contributed by atoms with E-state index in [9.17, 15) is 22.8 Å². The van der Waals surface area contributed by atoms with Gasteiger partial charge in [0, 0.05) is 13.6 Å². The zero-order valence-electron chi connectivity index (χ0n) is 12.8. The van der Waals surface area contributed by atoms with E-state index in [4.69, 9.17) is 0 Å². The van der Waals surface area contributed by atoms with Crippen molar-refractivity contribution in [2.45, 2.75) is 12.7 Å². The number of thiophene rings is 1. The highest BCUT2D eigenvalue weighted by molar-refractivity contribution is 7.12. The summed E-state index contributed by atoms with van der Waals surface area (Å²) in [7, 11) is 1.53. The van der Waals surface area contributed by atoms with Gasteiger partial charge in [0.2, 0.25) is 5.91 Å². The van der Waals surface area contributed by atoms with Crippen LogP contribution in [0.2, 0.25) is 0 Å². The van der Waals surface area contributed by atoms with E-state index in [1.807, 2.05) is 0 Å². The number of rotatable bonds is 5. The van der Waals surface area contributed by atoms with E-state index in [1.54, 1.807) is 17.5 Å². The number of carbonyl (C=O) groups is 2. The fourth-order valence-electron chi connectivity index (χ4n) is 1.95. The lowest BCUT2D eigenvalue weighted by Crippen LogP contribution is -2.37. The van der Waals surface area contributed by atoms with Crippen LogP contribution in [0.4, 0.5) is 13.2 Å². The molecular weight excluding hydrogens is 341 g/mol. The topological polar surface area (TPSA) is 49.4 Å². The van der Waals surface area contributed by atoms with Gasteiger partial charge in [-0.15, -0.1) is 11.3 Å². The van der Waals surface area contributed by atoms with Crippen molar-refractivity contribution in [1.29, 1.82) is 0 Å². The van der Waals surface area contributed by atoms with E-state index in [-0.39, 0.29) is 24.9 Å². The third kappa shape index (κ3) is 4.82. The van der Waals surface area contributed by atoms with Gasteiger partial charge in [0.25, 0.3) is 5.91 Å².